The fraction of sp³-hybridized carbons (Fsp3) is 1.00. The second kappa shape index (κ2) is 22.2. The van der Waals surface area contributed by atoms with Crippen LogP contribution in [0.3, 0.4) is 0 Å². The highest BCUT2D eigenvalue weighted by Gasteiger charge is 2.25. The average molecular weight is 430 g/mol. The maximum Gasteiger partial charge on any atom is 0.304 e. The Balaban J connectivity index is 3.10. The van der Waals surface area contributed by atoms with E-state index < -0.39 is 5.97 Å². The van der Waals surface area contributed by atoms with Crippen LogP contribution in [-0.4, -0.2) is 130 Å². The molecule has 0 aliphatic heterocycles. The van der Waals surface area contributed by atoms with Crippen LogP contribution in [0.2, 0.25) is 0 Å². The molecule has 0 heterocycles. The zero-order chi connectivity index (χ0) is 21.5. The molecule has 0 fully saturated rings. The Labute approximate surface area is 173 Å². The summed E-state index contributed by atoms with van der Waals surface area (Å²) in [6, 6.07) is 0. The van der Waals surface area contributed by atoms with Crippen LogP contribution in [0.5, 0.6) is 0 Å². The quantitative estimate of drug-likeness (QED) is 0.145. The molecule has 0 radical (unpaired) electrons. The van der Waals surface area contributed by atoms with Crippen molar-refractivity contribution in [3.63, 3.8) is 0 Å². The monoisotopic (exact) mass is 430 g/mol. The van der Waals surface area contributed by atoms with E-state index >= 15 is 0 Å². The number of aliphatic hydroxyl groups is 2. The van der Waals surface area contributed by atoms with E-state index in [9.17, 15) is 5.11 Å². The van der Waals surface area contributed by atoms with Crippen LogP contribution in [0.4, 0.5) is 0 Å². The third-order valence-electron chi connectivity index (χ3n) is 3.39. The van der Waals surface area contributed by atoms with Crippen LogP contribution in [-0.2, 0) is 42.6 Å². The summed E-state index contributed by atoms with van der Waals surface area (Å²) in [6.07, 6.45) is 0. The van der Waals surface area contributed by atoms with E-state index in [0.29, 0.717) is 85.9 Å². The van der Waals surface area contributed by atoms with Gasteiger partial charge in [-0.2, -0.15) is 0 Å². The normalized spacial score (nSPS) is 12.0. The molecule has 0 aromatic carbocycles. The lowest BCUT2D eigenvalue weighted by Crippen LogP contribution is -2.39. The molecule has 0 aromatic heterocycles. The van der Waals surface area contributed by atoms with Crippen molar-refractivity contribution >= 4 is 0 Å². The summed E-state index contributed by atoms with van der Waals surface area (Å²) >= 11 is 0. The molecule has 0 rings (SSSR count). The van der Waals surface area contributed by atoms with Gasteiger partial charge in [0.2, 0.25) is 0 Å². The molecule has 11 nitrogen and oxygen atoms in total. The van der Waals surface area contributed by atoms with Gasteiger partial charge in [0.05, 0.1) is 92.5 Å². The van der Waals surface area contributed by atoms with E-state index in [2.05, 4.69) is 0 Å². The van der Waals surface area contributed by atoms with Crippen molar-refractivity contribution in [1.82, 2.24) is 0 Å². The summed E-state index contributed by atoms with van der Waals surface area (Å²) in [6.45, 7) is 5.73. The number of methoxy groups -OCH3 is 2. The van der Waals surface area contributed by atoms with Crippen molar-refractivity contribution in [3.8, 4) is 0 Å². The molecule has 0 amide bonds. The van der Waals surface area contributed by atoms with E-state index in [4.69, 9.17) is 47.7 Å². The number of hydrogen-bond donors (Lipinski definition) is 2. The van der Waals surface area contributed by atoms with Crippen LogP contribution < -0.4 is 0 Å². The van der Waals surface area contributed by atoms with E-state index in [1.54, 1.807) is 0 Å². The van der Waals surface area contributed by atoms with E-state index in [1.807, 2.05) is 0 Å². The third kappa shape index (κ3) is 20.6. The summed E-state index contributed by atoms with van der Waals surface area (Å²) in [4.78, 5) is 0. The van der Waals surface area contributed by atoms with Crippen molar-refractivity contribution in [1.29, 1.82) is 0 Å². The van der Waals surface area contributed by atoms with Gasteiger partial charge in [0.25, 0.3) is 0 Å². The predicted octanol–water partition coefficient (Wildman–Crippen LogP) is -0.966. The zero-order valence-corrected chi connectivity index (χ0v) is 17.7. The molecule has 0 saturated carbocycles. The van der Waals surface area contributed by atoms with Crippen molar-refractivity contribution in [2.45, 2.75) is 5.97 Å². The average Bonchev–Trinajstić information content (AvgIpc) is 2.74. The number of ether oxygens (including phenoxy) is 9. The Bertz CT molecular complexity index is 316. The first kappa shape index (κ1) is 28.6. The van der Waals surface area contributed by atoms with Gasteiger partial charge in [0.1, 0.15) is 6.61 Å². The number of rotatable bonds is 24. The lowest BCUT2D eigenvalue weighted by molar-refractivity contribution is -0.357. The van der Waals surface area contributed by atoms with Gasteiger partial charge >= 0.3 is 5.97 Å². The summed E-state index contributed by atoms with van der Waals surface area (Å²) in [5.74, 6) is -1.72. The van der Waals surface area contributed by atoms with Gasteiger partial charge in [0.15, 0.2) is 0 Å². The van der Waals surface area contributed by atoms with Crippen molar-refractivity contribution in [2.24, 2.45) is 0 Å². The molecule has 0 bridgehead atoms. The van der Waals surface area contributed by atoms with E-state index in [1.165, 1.54) is 14.2 Å². The van der Waals surface area contributed by atoms with Crippen molar-refractivity contribution in [2.75, 3.05) is 113 Å². The first-order chi connectivity index (χ1) is 14.2. The minimum atomic E-state index is -1.72. The zero-order valence-electron chi connectivity index (χ0n) is 17.7. The molecule has 0 saturated heterocycles. The number of hydrogen-bond acceptors (Lipinski definition) is 11. The fourth-order valence-electron chi connectivity index (χ4n) is 1.79. The molecule has 0 atom stereocenters. The third-order valence-corrected chi connectivity index (χ3v) is 3.39. The SMILES string of the molecule is COC(O)(COCCOCCOCCOCCOCCOCCOCCO)OC. The van der Waals surface area contributed by atoms with E-state index in [0.717, 1.165) is 0 Å². The summed E-state index contributed by atoms with van der Waals surface area (Å²) in [5.41, 5.74) is 0. The topological polar surface area (TPSA) is 124 Å². The molecule has 0 aromatic rings. The number of aliphatic hydroxyl groups excluding tert-OH is 1. The Morgan fingerprint density at radius 1 is 0.483 bits per heavy atom. The van der Waals surface area contributed by atoms with Gasteiger partial charge in [-0.1, -0.05) is 0 Å². The van der Waals surface area contributed by atoms with E-state index in [-0.39, 0.29) is 13.2 Å². The van der Waals surface area contributed by atoms with Gasteiger partial charge in [-0.25, -0.2) is 0 Å². The molecule has 11 heteroatoms. The highest BCUT2D eigenvalue weighted by Crippen LogP contribution is 2.06. The molecule has 29 heavy (non-hydrogen) atoms. The van der Waals surface area contributed by atoms with Crippen LogP contribution in [0.15, 0.2) is 0 Å². The maximum atomic E-state index is 9.62. The molecular weight excluding hydrogens is 392 g/mol. The van der Waals surface area contributed by atoms with Crippen LogP contribution in [0, 0.1) is 0 Å². The summed E-state index contributed by atoms with van der Waals surface area (Å²) in [5, 5.41) is 18.1. The lowest BCUT2D eigenvalue weighted by Gasteiger charge is -2.23. The summed E-state index contributed by atoms with van der Waals surface area (Å²) in [7, 11) is 2.65. The van der Waals surface area contributed by atoms with Gasteiger partial charge < -0.3 is 52.8 Å². The van der Waals surface area contributed by atoms with Gasteiger partial charge in [-0.3, -0.25) is 0 Å². The largest absolute Gasteiger partial charge is 0.394 e. The van der Waals surface area contributed by atoms with Gasteiger partial charge in [-0.05, 0) is 0 Å². The predicted molar refractivity (Wildman–Crippen MR) is 102 cm³/mol. The van der Waals surface area contributed by atoms with Crippen LogP contribution in [0.1, 0.15) is 0 Å². The Morgan fingerprint density at radius 3 is 1.03 bits per heavy atom. The highest BCUT2D eigenvalue weighted by atomic mass is 16.8. The van der Waals surface area contributed by atoms with Crippen LogP contribution >= 0.6 is 0 Å². The Hall–Kier alpha value is -0.440. The Morgan fingerprint density at radius 2 is 0.759 bits per heavy atom. The molecule has 176 valence electrons. The van der Waals surface area contributed by atoms with Gasteiger partial charge in [0, 0.05) is 14.2 Å². The smallest absolute Gasteiger partial charge is 0.304 e. The van der Waals surface area contributed by atoms with Crippen molar-refractivity contribution in [3.05, 3.63) is 0 Å². The van der Waals surface area contributed by atoms with Crippen molar-refractivity contribution < 1.29 is 52.8 Å². The lowest BCUT2D eigenvalue weighted by atomic mass is 10.6. The second-order valence-electron chi connectivity index (χ2n) is 5.57. The first-order valence-electron chi connectivity index (χ1n) is 9.66. The molecule has 0 aliphatic carbocycles. The highest BCUT2D eigenvalue weighted by molar-refractivity contribution is 4.49. The minimum Gasteiger partial charge on any atom is -0.394 e. The van der Waals surface area contributed by atoms with Gasteiger partial charge in [-0.15, -0.1) is 0 Å². The van der Waals surface area contributed by atoms with Crippen LogP contribution in [0.25, 0.3) is 0 Å². The maximum absolute atomic E-state index is 9.62. The molecule has 0 aliphatic rings. The molecule has 0 unspecified atom stereocenters. The first-order valence-corrected chi connectivity index (χ1v) is 9.66. The molecule has 2 N–H and O–H groups in total. The molecule has 0 spiro atoms. The molecular formula is C18H38O11. The summed E-state index contributed by atoms with van der Waals surface area (Å²) < 4.78 is 46.4. The Kier molecular flexibility index (Phi) is 21.9. The standard InChI is InChI=1S/C18H38O11/c1-21-18(20,22-2)17-29-16-15-28-14-13-27-12-11-26-10-9-25-8-7-24-6-5-23-4-3-19/h19-20H,3-17H2,1-2H3. The fourth-order valence-corrected chi connectivity index (χ4v) is 1.79. The second-order valence-corrected chi connectivity index (χ2v) is 5.57. The minimum absolute atomic E-state index is 0.0232.